The summed E-state index contributed by atoms with van der Waals surface area (Å²) in [5, 5.41) is 12.7. The molecule has 0 bridgehead atoms. The van der Waals surface area contributed by atoms with Gasteiger partial charge < -0.3 is 26.3 Å². The summed E-state index contributed by atoms with van der Waals surface area (Å²) in [4.78, 5) is 8.78. The number of aromatic nitrogens is 2. The van der Waals surface area contributed by atoms with Crippen LogP contribution in [0, 0.1) is 11.3 Å². The van der Waals surface area contributed by atoms with Crippen molar-refractivity contribution in [3.63, 3.8) is 0 Å². The first-order chi connectivity index (χ1) is 17.1. The predicted octanol–water partition coefficient (Wildman–Crippen LogP) is 5.28. The third-order valence-corrected chi connectivity index (χ3v) is 5.31. The van der Waals surface area contributed by atoms with Crippen LogP contribution < -0.4 is 26.3 Å². The van der Waals surface area contributed by atoms with E-state index in [4.69, 9.17) is 32.5 Å². The number of nitrogens with two attached hydrogens (primary N) is 2. The first-order valence-electron chi connectivity index (χ1n) is 10.9. The minimum atomic E-state index is -0.0418. The predicted molar refractivity (Wildman–Crippen MR) is 136 cm³/mol. The Morgan fingerprint density at radius 1 is 0.943 bits per heavy atom. The van der Waals surface area contributed by atoms with E-state index in [1.807, 2.05) is 48.5 Å². The Hall–Kier alpha value is -4.32. The van der Waals surface area contributed by atoms with Gasteiger partial charge in [-0.05, 0) is 48.4 Å². The van der Waals surface area contributed by atoms with Crippen molar-refractivity contribution in [3.05, 3.63) is 94.5 Å². The van der Waals surface area contributed by atoms with E-state index in [9.17, 15) is 5.26 Å². The number of nitriles is 1. The smallest absolute Gasteiger partial charge is 0.327 e. The number of ether oxygens (including phenoxy) is 2. The minimum absolute atomic E-state index is 0.0418. The zero-order chi connectivity index (χ0) is 24.6. The summed E-state index contributed by atoms with van der Waals surface area (Å²) in [5.74, 6) is 1.23. The van der Waals surface area contributed by atoms with Crippen molar-refractivity contribution in [2.24, 2.45) is 5.73 Å². The molecule has 0 aliphatic rings. The first kappa shape index (κ1) is 23.8. The second-order valence-electron chi connectivity index (χ2n) is 7.56. The molecule has 0 radical (unpaired) electrons. The third-order valence-electron chi connectivity index (χ3n) is 5.00. The minimum Gasteiger partial charge on any atom is -0.437 e. The fourth-order valence-electron chi connectivity index (χ4n) is 3.26. The quantitative estimate of drug-likeness (QED) is 0.291. The maximum atomic E-state index is 9.21. The number of hydrogen-bond donors (Lipinski definition) is 3. The molecule has 0 aliphatic heterocycles. The van der Waals surface area contributed by atoms with E-state index in [0.29, 0.717) is 41.7 Å². The second-order valence-corrected chi connectivity index (χ2v) is 7.97. The van der Waals surface area contributed by atoms with Crippen molar-refractivity contribution >= 4 is 23.1 Å². The largest absolute Gasteiger partial charge is 0.437 e. The van der Waals surface area contributed by atoms with Crippen LogP contribution in [0.2, 0.25) is 5.02 Å². The van der Waals surface area contributed by atoms with Crippen molar-refractivity contribution in [3.8, 4) is 29.5 Å². The lowest BCUT2D eigenvalue weighted by Crippen LogP contribution is -2.08. The van der Waals surface area contributed by atoms with Crippen LogP contribution in [0.5, 0.6) is 23.4 Å². The molecule has 5 N–H and O–H groups in total. The third kappa shape index (κ3) is 6.18. The number of benzene rings is 3. The van der Waals surface area contributed by atoms with Crippen LogP contribution in [0.15, 0.2) is 72.8 Å². The van der Waals surface area contributed by atoms with Crippen molar-refractivity contribution in [1.82, 2.24) is 9.97 Å². The van der Waals surface area contributed by atoms with Gasteiger partial charge in [0.15, 0.2) is 11.6 Å². The van der Waals surface area contributed by atoms with Crippen molar-refractivity contribution in [2.75, 3.05) is 17.6 Å². The van der Waals surface area contributed by atoms with E-state index in [-0.39, 0.29) is 23.3 Å². The molecule has 0 spiro atoms. The van der Waals surface area contributed by atoms with Crippen LogP contribution >= 0.6 is 11.6 Å². The molecule has 0 unspecified atom stereocenters. The number of rotatable bonds is 9. The average Bonchev–Trinajstić information content (AvgIpc) is 2.87. The molecule has 3 aromatic carbocycles. The van der Waals surface area contributed by atoms with Crippen LogP contribution in [0.1, 0.15) is 16.7 Å². The molecule has 9 heteroatoms. The molecule has 1 heterocycles. The molecule has 0 aliphatic carbocycles. The zero-order valence-corrected chi connectivity index (χ0v) is 19.5. The van der Waals surface area contributed by atoms with Crippen molar-refractivity contribution in [2.45, 2.75) is 13.0 Å². The molecule has 0 saturated heterocycles. The summed E-state index contributed by atoms with van der Waals surface area (Å²) in [6.07, 6.45) is 0.711. The molecular weight excluding hydrogens is 464 g/mol. The van der Waals surface area contributed by atoms with Gasteiger partial charge in [-0.15, -0.1) is 0 Å². The van der Waals surface area contributed by atoms with Crippen LogP contribution in [-0.2, 0) is 13.0 Å². The van der Waals surface area contributed by atoms with Gasteiger partial charge in [0.05, 0.1) is 16.7 Å². The Kier molecular flexibility index (Phi) is 7.63. The summed E-state index contributed by atoms with van der Waals surface area (Å²) in [6, 6.07) is 24.0. The van der Waals surface area contributed by atoms with Gasteiger partial charge in [-0.3, -0.25) is 0 Å². The van der Waals surface area contributed by atoms with Gasteiger partial charge in [0.25, 0.3) is 5.88 Å². The molecule has 4 aromatic rings. The van der Waals surface area contributed by atoms with Crippen LogP contribution in [0.4, 0.5) is 11.5 Å². The second kappa shape index (κ2) is 11.2. The van der Waals surface area contributed by atoms with E-state index < -0.39 is 0 Å². The monoisotopic (exact) mass is 486 g/mol. The number of nitrogens with zero attached hydrogens (tertiary/aromatic N) is 3. The van der Waals surface area contributed by atoms with E-state index in [2.05, 4.69) is 21.4 Å². The Bertz CT molecular complexity index is 1360. The highest BCUT2D eigenvalue weighted by atomic mass is 35.5. The summed E-state index contributed by atoms with van der Waals surface area (Å²) in [7, 11) is 0. The highest BCUT2D eigenvalue weighted by Crippen LogP contribution is 2.35. The first-order valence-corrected chi connectivity index (χ1v) is 11.2. The van der Waals surface area contributed by atoms with Gasteiger partial charge in [-0.25, -0.2) is 0 Å². The van der Waals surface area contributed by atoms with E-state index in [1.54, 1.807) is 18.2 Å². The molecule has 4 rings (SSSR count). The van der Waals surface area contributed by atoms with E-state index in [1.165, 1.54) is 6.07 Å². The van der Waals surface area contributed by atoms with E-state index in [0.717, 1.165) is 11.1 Å². The molecule has 176 valence electrons. The molecule has 0 saturated carbocycles. The molecule has 35 heavy (non-hydrogen) atoms. The van der Waals surface area contributed by atoms with Crippen molar-refractivity contribution < 1.29 is 9.47 Å². The molecule has 0 amide bonds. The summed E-state index contributed by atoms with van der Waals surface area (Å²) in [6.45, 7) is 0.991. The lowest BCUT2D eigenvalue weighted by Gasteiger charge is -2.15. The fraction of sp³-hybridized carbons (Fsp3) is 0.115. The highest BCUT2D eigenvalue weighted by molar-refractivity contribution is 6.32. The number of nitrogens with one attached hydrogen (secondary N) is 1. The lowest BCUT2D eigenvalue weighted by molar-refractivity contribution is 0.414. The molecule has 0 fully saturated rings. The van der Waals surface area contributed by atoms with Crippen LogP contribution in [0.25, 0.3) is 0 Å². The number of hydrogen-bond acceptors (Lipinski definition) is 8. The maximum absolute atomic E-state index is 9.21. The summed E-state index contributed by atoms with van der Waals surface area (Å²) >= 11 is 6.26. The number of halogens is 1. The van der Waals surface area contributed by atoms with Gasteiger partial charge in [0.2, 0.25) is 0 Å². The van der Waals surface area contributed by atoms with Gasteiger partial charge in [0, 0.05) is 12.6 Å². The standard InChI is InChI=1S/C26H23ClN6O2/c27-21-10-9-19(15-29)14-22(21)35-26-32-24(31-16-18-5-2-1-3-6-18)23(30)25(33-26)34-20-8-4-7-17(13-20)11-12-28/h1-10,13-14H,11-12,16,28,30H2,(H,31,32,33). The maximum Gasteiger partial charge on any atom is 0.327 e. The molecule has 8 nitrogen and oxygen atoms in total. The summed E-state index contributed by atoms with van der Waals surface area (Å²) in [5.41, 5.74) is 14.7. The molecule has 1 aromatic heterocycles. The Balaban J connectivity index is 1.68. The SMILES string of the molecule is N#Cc1ccc(Cl)c(Oc2nc(NCc3ccccc3)c(N)c(Oc3cccc(CCN)c3)n2)c1. The Morgan fingerprint density at radius 3 is 2.51 bits per heavy atom. The summed E-state index contributed by atoms with van der Waals surface area (Å²) < 4.78 is 11.9. The zero-order valence-electron chi connectivity index (χ0n) is 18.7. The average molecular weight is 487 g/mol. The fourth-order valence-corrected chi connectivity index (χ4v) is 3.42. The van der Waals surface area contributed by atoms with Crippen LogP contribution in [-0.4, -0.2) is 16.5 Å². The van der Waals surface area contributed by atoms with Gasteiger partial charge in [0.1, 0.15) is 11.4 Å². The lowest BCUT2D eigenvalue weighted by atomic mass is 10.1. The normalized spacial score (nSPS) is 10.4. The topological polar surface area (TPSA) is 132 Å². The molecular formula is C26H23ClN6O2. The highest BCUT2D eigenvalue weighted by Gasteiger charge is 2.17. The number of nitrogen functional groups attached to an aromatic ring is 1. The number of anilines is 2. The van der Waals surface area contributed by atoms with Gasteiger partial charge in [-0.1, -0.05) is 54.1 Å². The Labute approximate surface area is 208 Å². The van der Waals surface area contributed by atoms with E-state index >= 15 is 0 Å². The van der Waals surface area contributed by atoms with Gasteiger partial charge >= 0.3 is 6.01 Å². The molecule has 0 atom stereocenters. The Morgan fingerprint density at radius 2 is 1.74 bits per heavy atom. The van der Waals surface area contributed by atoms with Crippen molar-refractivity contribution in [1.29, 1.82) is 5.26 Å². The van der Waals surface area contributed by atoms with Crippen LogP contribution in [0.3, 0.4) is 0 Å². The van der Waals surface area contributed by atoms with Gasteiger partial charge in [-0.2, -0.15) is 15.2 Å².